The Morgan fingerprint density at radius 1 is 0.561 bits per heavy atom. The number of rotatable bonds is 14. The molecule has 4 unspecified atom stereocenters. The number of phosphoric acid groups is 2. The lowest BCUT2D eigenvalue weighted by molar-refractivity contribution is -0.0644. The van der Waals surface area contributed by atoms with E-state index in [2.05, 4.69) is 0 Å². The fourth-order valence-electron chi connectivity index (χ4n) is 6.12. The molecule has 10 N–H and O–H groups in total. The summed E-state index contributed by atoms with van der Waals surface area (Å²) in [6.45, 7) is -3.11. The van der Waals surface area contributed by atoms with Crippen molar-refractivity contribution >= 4 is 15.6 Å². The molecule has 3 aromatic rings. The minimum absolute atomic E-state index is 0.626. The summed E-state index contributed by atoms with van der Waals surface area (Å²) >= 11 is 0. The summed E-state index contributed by atoms with van der Waals surface area (Å²) in [4.78, 5) is 98.5. The number of aromatic amines is 3. The normalized spacial score (nSPS) is 33.6. The first-order valence-electron chi connectivity index (χ1n) is 16.3. The molecule has 28 nitrogen and oxygen atoms in total. The number of nitrogens with one attached hydrogen (secondary N) is 3. The van der Waals surface area contributed by atoms with Gasteiger partial charge in [0.2, 0.25) is 0 Å². The first kappa shape index (κ1) is 42.5. The predicted molar refractivity (Wildman–Crippen MR) is 178 cm³/mol. The van der Waals surface area contributed by atoms with Crippen LogP contribution in [-0.2, 0) is 41.4 Å². The zero-order chi connectivity index (χ0) is 41.6. The molecule has 6 rings (SSSR count). The fourth-order valence-corrected chi connectivity index (χ4v) is 8.05. The molecule has 0 bridgehead atoms. The van der Waals surface area contributed by atoms with E-state index in [1.807, 2.05) is 15.0 Å². The maximum absolute atomic E-state index is 13.2. The molecule has 0 spiro atoms. The average Bonchev–Trinajstić information content (AvgIpc) is 3.71. The first-order chi connectivity index (χ1) is 26.8. The standard InChI is InChI=1S/C27H34N6O22P2/c34-7-10-20(18(40)23(51-10)32-5-2-14(36)29-26(32)43)54-57(47,48)50-9-12-21(19(41)24(53-12)33-6-3-15(37)30-27(33)44)55-56(45,46)49-8-11-16(38)17(39)22(52-11)31-4-1-13(35)28-25(31)42/h1-6,10-12,16-24,34,38-41H,7-9H2,(H,45,46)(H,47,48)(H,28,35,42)(H,29,36,43)(H,30,37,44)/t10-,11-,12-,16-,17-,18-,19-,20?,21?,22-,23-,24-/m1/s1. The lowest BCUT2D eigenvalue weighted by Crippen LogP contribution is -2.39. The van der Waals surface area contributed by atoms with Crippen molar-refractivity contribution < 1.29 is 76.8 Å². The molecular formula is C27H34N6O22P2. The van der Waals surface area contributed by atoms with Crippen LogP contribution in [0.25, 0.3) is 0 Å². The number of hydrogen-bond donors (Lipinski definition) is 10. The fraction of sp³-hybridized carbons (Fsp3) is 0.556. The van der Waals surface area contributed by atoms with Crippen molar-refractivity contribution in [1.29, 1.82) is 0 Å². The van der Waals surface area contributed by atoms with Gasteiger partial charge in [0, 0.05) is 36.8 Å². The van der Waals surface area contributed by atoms with E-state index in [9.17, 15) is 73.2 Å². The van der Waals surface area contributed by atoms with Gasteiger partial charge >= 0.3 is 32.7 Å². The second-order valence-electron chi connectivity index (χ2n) is 12.6. The first-order valence-corrected chi connectivity index (χ1v) is 19.3. The van der Waals surface area contributed by atoms with Crippen LogP contribution in [0.2, 0.25) is 0 Å². The van der Waals surface area contributed by atoms with Crippen LogP contribution in [0.3, 0.4) is 0 Å². The molecule has 3 fully saturated rings. The van der Waals surface area contributed by atoms with Gasteiger partial charge in [-0.1, -0.05) is 0 Å². The molecule has 0 aliphatic carbocycles. The van der Waals surface area contributed by atoms with Crippen molar-refractivity contribution in [2.24, 2.45) is 0 Å². The van der Waals surface area contributed by atoms with Crippen molar-refractivity contribution in [2.75, 3.05) is 19.8 Å². The molecule has 57 heavy (non-hydrogen) atoms. The third-order valence-corrected chi connectivity index (χ3v) is 10.8. The Hall–Kier alpha value is -4.06. The summed E-state index contributed by atoms with van der Waals surface area (Å²) in [5, 5.41) is 52.7. The number of aromatic nitrogens is 6. The Labute approximate surface area is 313 Å². The van der Waals surface area contributed by atoms with Crippen LogP contribution in [-0.4, -0.2) is 139 Å². The molecular weight excluding hydrogens is 822 g/mol. The summed E-state index contributed by atoms with van der Waals surface area (Å²) in [6.07, 6.45) is -19.0. The third-order valence-electron chi connectivity index (χ3n) is 8.83. The highest BCUT2D eigenvalue weighted by Gasteiger charge is 2.53. The molecule has 0 aromatic carbocycles. The van der Waals surface area contributed by atoms with Crippen molar-refractivity contribution in [3.8, 4) is 0 Å². The number of hydrogen-bond acceptors (Lipinski definition) is 20. The summed E-state index contributed by atoms with van der Waals surface area (Å²) < 4.78 is 64.9. The predicted octanol–water partition coefficient (Wildman–Crippen LogP) is -6.23. The number of H-pyrrole nitrogens is 3. The van der Waals surface area contributed by atoms with Crippen LogP contribution in [0.15, 0.2) is 65.6 Å². The molecule has 3 aliphatic rings. The Morgan fingerprint density at radius 3 is 1.32 bits per heavy atom. The SMILES string of the molecule is O=c1ccn([C@@H]2O[C@H](COP(=O)(O)OC3[C@@H](O)[C@H](n4ccc(=O)[nH]c4=O)O[C@@H]3COP(=O)(O)OC3[C@@H](O)[C@H](n4ccc(=O)[nH]c4=O)O[C@@H]3CO)[C@@H](O)[C@H]2O)c(=O)[nH]1. The smallest absolute Gasteiger partial charge is 0.394 e. The number of aliphatic hydroxyl groups excluding tert-OH is 5. The average molecular weight is 857 g/mol. The van der Waals surface area contributed by atoms with Gasteiger partial charge < -0.3 is 49.5 Å². The number of phosphoric ester groups is 2. The molecule has 30 heteroatoms. The van der Waals surface area contributed by atoms with Gasteiger partial charge in [0.25, 0.3) is 16.7 Å². The number of aliphatic hydroxyl groups is 5. The van der Waals surface area contributed by atoms with Gasteiger partial charge in [-0.15, -0.1) is 0 Å². The van der Waals surface area contributed by atoms with Crippen LogP contribution >= 0.6 is 15.6 Å². The molecule has 3 saturated heterocycles. The quantitative estimate of drug-likeness (QED) is 0.0674. The second kappa shape index (κ2) is 16.7. The van der Waals surface area contributed by atoms with E-state index in [4.69, 9.17) is 32.3 Å². The lowest BCUT2D eigenvalue weighted by atomic mass is 10.1. The van der Waals surface area contributed by atoms with E-state index in [0.29, 0.717) is 9.13 Å². The zero-order valence-electron chi connectivity index (χ0n) is 28.5. The minimum Gasteiger partial charge on any atom is -0.394 e. The highest BCUT2D eigenvalue weighted by Crippen LogP contribution is 2.52. The Kier molecular flexibility index (Phi) is 12.4. The number of ether oxygens (including phenoxy) is 3. The second-order valence-corrected chi connectivity index (χ2v) is 15.4. The highest BCUT2D eigenvalue weighted by molar-refractivity contribution is 7.47. The van der Waals surface area contributed by atoms with Crippen LogP contribution in [0.4, 0.5) is 0 Å². The Balaban J connectivity index is 1.16. The molecule has 3 aliphatic heterocycles. The van der Waals surface area contributed by atoms with E-state index in [-0.39, 0.29) is 0 Å². The molecule has 3 aromatic heterocycles. The molecule has 0 radical (unpaired) electrons. The lowest BCUT2D eigenvalue weighted by Gasteiger charge is -2.25. The van der Waals surface area contributed by atoms with E-state index >= 15 is 0 Å². The van der Waals surface area contributed by atoms with E-state index in [0.717, 1.165) is 41.4 Å². The molecule has 0 amide bonds. The maximum atomic E-state index is 13.2. The largest absolute Gasteiger partial charge is 0.472 e. The van der Waals surface area contributed by atoms with Gasteiger partial charge in [0.05, 0.1) is 19.8 Å². The number of nitrogens with zero attached hydrogens (tertiary/aromatic N) is 3. The molecule has 314 valence electrons. The van der Waals surface area contributed by atoms with E-state index < -0.39 is 143 Å². The summed E-state index contributed by atoms with van der Waals surface area (Å²) in [7, 11) is -10.8. The van der Waals surface area contributed by atoms with Gasteiger partial charge in [0.1, 0.15) is 54.9 Å². The van der Waals surface area contributed by atoms with Crippen LogP contribution < -0.4 is 33.7 Å². The topological polar surface area (TPSA) is 405 Å². The van der Waals surface area contributed by atoms with Gasteiger partial charge in [-0.05, 0) is 0 Å². The van der Waals surface area contributed by atoms with Gasteiger partial charge in [-0.25, -0.2) is 23.5 Å². The van der Waals surface area contributed by atoms with Crippen molar-refractivity contribution in [1.82, 2.24) is 28.7 Å². The monoisotopic (exact) mass is 856 g/mol. The summed E-state index contributed by atoms with van der Waals surface area (Å²) in [5.74, 6) is 0. The van der Waals surface area contributed by atoms with Crippen molar-refractivity contribution in [2.45, 2.75) is 73.6 Å². The Bertz CT molecular complexity index is 2390. The van der Waals surface area contributed by atoms with Crippen LogP contribution in [0, 0.1) is 0 Å². The van der Waals surface area contributed by atoms with Crippen LogP contribution in [0.1, 0.15) is 18.7 Å². The molecule has 0 saturated carbocycles. The Morgan fingerprint density at radius 2 is 0.912 bits per heavy atom. The summed E-state index contributed by atoms with van der Waals surface area (Å²) in [6, 6.07) is 2.68. The third kappa shape index (κ3) is 9.16. The van der Waals surface area contributed by atoms with Crippen molar-refractivity contribution in [3.05, 3.63) is 99.3 Å². The molecule has 14 atom stereocenters. The van der Waals surface area contributed by atoms with Crippen molar-refractivity contribution in [3.63, 3.8) is 0 Å². The van der Waals surface area contributed by atoms with Gasteiger partial charge in [-0.2, -0.15) is 0 Å². The van der Waals surface area contributed by atoms with Gasteiger partial charge in [0.15, 0.2) is 18.7 Å². The molecule has 6 heterocycles. The van der Waals surface area contributed by atoms with E-state index in [1.54, 1.807) is 0 Å². The maximum Gasteiger partial charge on any atom is 0.472 e. The zero-order valence-corrected chi connectivity index (χ0v) is 30.3. The highest BCUT2D eigenvalue weighted by atomic mass is 31.2. The van der Waals surface area contributed by atoms with E-state index in [1.165, 1.54) is 0 Å². The van der Waals surface area contributed by atoms with Crippen LogP contribution in [0.5, 0.6) is 0 Å². The minimum atomic E-state index is -5.43. The van der Waals surface area contributed by atoms with Gasteiger partial charge in [-0.3, -0.25) is 61.1 Å². The summed E-state index contributed by atoms with van der Waals surface area (Å²) in [5.41, 5.74) is -5.64.